The van der Waals surface area contributed by atoms with E-state index in [1.54, 1.807) is 5.57 Å². The van der Waals surface area contributed by atoms with Gasteiger partial charge in [0.05, 0.1) is 5.75 Å². The molecule has 4 rings (SSSR count). The summed E-state index contributed by atoms with van der Waals surface area (Å²) in [6.45, 7) is 5.07. The van der Waals surface area contributed by atoms with E-state index in [-0.39, 0.29) is 5.75 Å². The first-order valence-corrected chi connectivity index (χ1v) is 12.5. The number of fused-ring (bicyclic) bond motifs is 5. The molecule has 0 spiro atoms. The molecule has 4 heteroatoms. The Labute approximate surface area is 159 Å². The SMILES string of the molecule is C[C@]12CC[C@H]3[C@@H](CCC4=CCCC[C@@]43C)[C@@H]1CC[C@@H]2CCCS(=O)(=O)O. The second kappa shape index (κ2) is 6.62. The van der Waals surface area contributed by atoms with Crippen LogP contribution in [0.1, 0.15) is 84.5 Å². The van der Waals surface area contributed by atoms with Crippen LogP contribution in [0, 0.1) is 34.5 Å². The Balaban J connectivity index is 1.49. The van der Waals surface area contributed by atoms with Gasteiger partial charge in [0, 0.05) is 0 Å². The van der Waals surface area contributed by atoms with Gasteiger partial charge >= 0.3 is 0 Å². The largest absolute Gasteiger partial charge is 0.286 e. The van der Waals surface area contributed by atoms with Gasteiger partial charge < -0.3 is 0 Å². The third-order valence-corrected chi connectivity index (χ3v) is 9.98. The predicted octanol–water partition coefficient (Wildman–Crippen LogP) is 5.62. The highest BCUT2D eigenvalue weighted by Gasteiger charge is 2.58. The Hall–Kier alpha value is -0.350. The zero-order valence-electron chi connectivity index (χ0n) is 16.5. The first-order chi connectivity index (χ1) is 12.2. The Morgan fingerprint density at radius 2 is 1.92 bits per heavy atom. The lowest BCUT2D eigenvalue weighted by molar-refractivity contribution is -0.0521. The van der Waals surface area contributed by atoms with Crippen LogP contribution < -0.4 is 0 Å². The van der Waals surface area contributed by atoms with Crippen molar-refractivity contribution >= 4 is 10.1 Å². The van der Waals surface area contributed by atoms with Crippen LogP contribution in [0.2, 0.25) is 0 Å². The lowest BCUT2D eigenvalue weighted by Gasteiger charge is -2.58. The van der Waals surface area contributed by atoms with Crippen LogP contribution >= 0.6 is 0 Å². The van der Waals surface area contributed by atoms with Crippen molar-refractivity contribution in [2.24, 2.45) is 34.5 Å². The molecule has 0 radical (unpaired) electrons. The molecule has 0 amide bonds. The van der Waals surface area contributed by atoms with E-state index in [0.717, 1.165) is 24.2 Å². The van der Waals surface area contributed by atoms with E-state index in [9.17, 15) is 8.42 Å². The zero-order chi connectivity index (χ0) is 18.6. The summed E-state index contributed by atoms with van der Waals surface area (Å²) in [4.78, 5) is 0. The van der Waals surface area contributed by atoms with Gasteiger partial charge in [-0.3, -0.25) is 4.55 Å². The van der Waals surface area contributed by atoms with Crippen molar-refractivity contribution in [3.05, 3.63) is 11.6 Å². The van der Waals surface area contributed by atoms with Crippen molar-refractivity contribution in [3.8, 4) is 0 Å². The van der Waals surface area contributed by atoms with E-state index >= 15 is 0 Å². The summed E-state index contributed by atoms with van der Waals surface area (Å²) >= 11 is 0. The molecule has 148 valence electrons. The van der Waals surface area contributed by atoms with E-state index < -0.39 is 10.1 Å². The second-order valence-electron chi connectivity index (χ2n) is 10.2. The average Bonchev–Trinajstić information content (AvgIpc) is 2.90. The van der Waals surface area contributed by atoms with Gasteiger partial charge in [-0.1, -0.05) is 25.5 Å². The molecule has 0 aromatic rings. The Kier molecular flexibility index (Phi) is 4.83. The van der Waals surface area contributed by atoms with Gasteiger partial charge in [0.2, 0.25) is 0 Å². The van der Waals surface area contributed by atoms with Gasteiger partial charge in [-0.25, -0.2) is 0 Å². The van der Waals surface area contributed by atoms with Gasteiger partial charge in [0.15, 0.2) is 0 Å². The smallest absolute Gasteiger partial charge is 0.264 e. The molecule has 4 aliphatic rings. The van der Waals surface area contributed by atoms with E-state index in [4.69, 9.17) is 4.55 Å². The molecule has 3 saturated carbocycles. The first-order valence-electron chi connectivity index (χ1n) is 10.9. The van der Waals surface area contributed by atoms with Crippen molar-refractivity contribution in [1.82, 2.24) is 0 Å². The summed E-state index contributed by atoms with van der Waals surface area (Å²) in [7, 11) is -3.81. The summed E-state index contributed by atoms with van der Waals surface area (Å²) in [5.41, 5.74) is 2.63. The summed E-state index contributed by atoms with van der Waals surface area (Å²) in [5, 5.41) is 0. The molecule has 4 aliphatic carbocycles. The molecule has 0 aromatic heterocycles. The predicted molar refractivity (Wildman–Crippen MR) is 105 cm³/mol. The molecule has 0 aliphatic heterocycles. The van der Waals surface area contributed by atoms with Gasteiger partial charge in [-0.05, 0) is 105 Å². The molecule has 0 heterocycles. The normalized spacial score (nSPS) is 45.4. The fourth-order valence-corrected chi connectivity index (χ4v) is 8.38. The van der Waals surface area contributed by atoms with Crippen LogP contribution in [0.3, 0.4) is 0 Å². The maximum atomic E-state index is 11.1. The van der Waals surface area contributed by atoms with Crippen LogP contribution in [0.15, 0.2) is 11.6 Å². The third kappa shape index (κ3) is 3.09. The number of rotatable bonds is 4. The topological polar surface area (TPSA) is 54.4 Å². The quantitative estimate of drug-likeness (QED) is 0.508. The highest BCUT2D eigenvalue weighted by molar-refractivity contribution is 7.85. The standard InChI is InChI=1S/C22H36O3S/c1-21-13-4-3-6-16(21)8-10-18-19-11-9-17(7-5-15-26(23,24)25)22(19,2)14-12-20(18)21/h6,17-20H,3-5,7-15H2,1-2H3,(H,23,24,25)/t17-,18-,19-,20-,21-,22+/m0/s1. The van der Waals surface area contributed by atoms with Crippen molar-refractivity contribution in [2.45, 2.75) is 84.5 Å². The van der Waals surface area contributed by atoms with Crippen LogP contribution in [-0.2, 0) is 10.1 Å². The van der Waals surface area contributed by atoms with Gasteiger partial charge in [0.1, 0.15) is 0 Å². The zero-order valence-corrected chi connectivity index (χ0v) is 17.4. The summed E-state index contributed by atoms with van der Waals surface area (Å²) in [5.74, 6) is 3.16. The van der Waals surface area contributed by atoms with Crippen molar-refractivity contribution in [2.75, 3.05) is 5.75 Å². The number of hydrogen-bond donors (Lipinski definition) is 1. The Bertz CT molecular complexity index is 682. The van der Waals surface area contributed by atoms with Crippen molar-refractivity contribution in [3.63, 3.8) is 0 Å². The molecular weight excluding hydrogens is 344 g/mol. The number of hydrogen-bond acceptors (Lipinski definition) is 2. The number of allylic oxidation sites excluding steroid dienone is 2. The van der Waals surface area contributed by atoms with E-state index in [1.165, 1.54) is 57.8 Å². The van der Waals surface area contributed by atoms with Crippen LogP contribution in [0.5, 0.6) is 0 Å². The molecule has 1 N–H and O–H groups in total. The minimum absolute atomic E-state index is 0.0669. The fourth-order valence-electron chi connectivity index (χ4n) is 7.85. The van der Waals surface area contributed by atoms with Crippen LogP contribution in [0.4, 0.5) is 0 Å². The second-order valence-corrected chi connectivity index (χ2v) is 11.8. The summed E-state index contributed by atoms with van der Waals surface area (Å²) in [6.07, 6.45) is 16.2. The molecule has 3 fully saturated rings. The summed E-state index contributed by atoms with van der Waals surface area (Å²) in [6, 6.07) is 0. The lowest BCUT2D eigenvalue weighted by atomic mass is 9.47. The molecule has 0 bridgehead atoms. The van der Waals surface area contributed by atoms with E-state index in [0.29, 0.717) is 23.2 Å². The van der Waals surface area contributed by atoms with Crippen LogP contribution in [0.25, 0.3) is 0 Å². The molecule has 0 saturated heterocycles. The maximum Gasteiger partial charge on any atom is 0.264 e. The van der Waals surface area contributed by atoms with E-state index in [2.05, 4.69) is 19.9 Å². The molecular formula is C22H36O3S. The highest BCUT2D eigenvalue weighted by atomic mass is 32.2. The maximum absolute atomic E-state index is 11.1. The Morgan fingerprint density at radius 3 is 2.69 bits per heavy atom. The van der Waals surface area contributed by atoms with Crippen LogP contribution in [-0.4, -0.2) is 18.7 Å². The minimum Gasteiger partial charge on any atom is -0.286 e. The molecule has 3 nitrogen and oxygen atoms in total. The lowest BCUT2D eigenvalue weighted by Crippen LogP contribution is -2.50. The Morgan fingerprint density at radius 1 is 1.12 bits per heavy atom. The fraction of sp³-hybridized carbons (Fsp3) is 0.909. The highest BCUT2D eigenvalue weighted by Crippen LogP contribution is 2.67. The third-order valence-electron chi connectivity index (χ3n) is 9.18. The van der Waals surface area contributed by atoms with Gasteiger partial charge in [-0.2, -0.15) is 8.42 Å². The molecule has 26 heavy (non-hydrogen) atoms. The summed E-state index contributed by atoms with van der Waals surface area (Å²) < 4.78 is 31.2. The first kappa shape index (κ1) is 19.0. The van der Waals surface area contributed by atoms with Crippen molar-refractivity contribution in [1.29, 1.82) is 0 Å². The van der Waals surface area contributed by atoms with Crippen molar-refractivity contribution < 1.29 is 13.0 Å². The van der Waals surface area contributed by atoms with Gasteiger partial charge in [0.25, 0.3) is 10.1 Å². The van der Waals surface area contributed by atoms with E-state index in [1.807, 2.05) is 0 Å². The molecule has 6 atom stereocenters. The monoisotopic (exact) mass is 380 g/mol. The van der Waals surface area contributed by atoms with Gasteiger partial charge in [-0.15, -0.1) is 0 Å². The average molecular weight is 381 g/mol. The molecule has 0 unspecified atom stereocenters. The molecule has 0 aromatic carbocycles. The minimum atomic E-state index is -3.81.